The number of carbonyl (C=O) groups is 2. The summed E-state index contributed by atoms with van der Waals surface area (Å²) in [6, 6.07) is 10.4. The molecule has 0 spiro atoms. The summed E-state index contributed by atoms with van der Waals surface area (Å²) in [5, 5.41) is 0.448. The molecule has 28 heavy (non-hydrogen) atoms. The molecule has 1 saturated heterocycles. The number of carbonyl (C=O) groups excluding carboxylic acids is 2. The molecular formula is C20H17Cl2NO4S. The molecule has 0 aliphatic carbocycles. The molecule has 146 valence electrons. The third-order valence-corrected chi connectivity index (χ3v) is 5.65. The Morgan fingerprint density at radius 2 is 1.82 bits per heavy atom. The lowest BCUT2D eigenvalue weighted by atomic mass is 10.1. The van der Waals surface area contributed by atoms with E-state index >= 15 is 0 Å². The van der Waals surface area contributed by atoms with E-state index in [1.807, 2.05) is 6.92 Å². The second-order valence-electron chi connectivity index (χ2n) is 5.81. The first kappa shape index (κ1) is 20.6. The summed E-state index contributed by atoms with van der Waals surface area (Å²) in [5.74, 6) is 0.778. The normalized spacial score (nSPS) is 15.4. The van der Waals surface area contributed by atoms with Crippen LogP contribution < -0.4 is 9.47 Å². The number of benzene rings is 2. The topological polar surface area (TPSA) is 55.8 Å². The van der Waals surface area contributed by atoms with Crippen molar-refractivity contribution in [3.05, 3.63) is 62.5 Å². The van der Waals surface area contributed by atoms with Crippen molar-refractivity contribution in [1.82, 2.24) is 4.90 Å². The van der Waals surface area contributed by atoms with Crippen LogP contribution in [0.4, 0.5) is 4.79 Å². The molecule has 1 heterocycles. The van der Waals surface area contributed by atoms with Crippen LogP contribution in [0.3, 0.4) is 0 Å². The minimum atomic E-state index is -0.390. The Morgan fingerprint density at radius 1 is 1.11 bits per heavy atom. The molecule has 0 saturated carbocycles. The summed E-state index contributed by atoms with van der Waals surface area (Å²) in [6.07, 6.45) is 1.65. The number of methoxy groups -OCH3 is 1. The van der Waals surface area contributed by atoms with Crippen LogP contribution in [0, 0.1) is 0 Å². The first-order chi connectivity index (χ1) is 13.4. The van der Waals surface area contributed by atoms with Gasteiger partial charge < -0.3 is 9.47 Å². The van der Waals surface area contributed by atoms with Crippen molar-refractivity contribution in [1.29, 1.82) is 0 Å². The van der Waals surface area contributed by atoms with Crippen LogP contribution in [0.1, 0.15) is 18.1 Å². The summed E-state index contributed by atoms with van der Waals surface area (Å²) in [6.45, 7) is 2.42. The van der Waals surface area contributed by atoms with Gasteiger partial charge in [0.1, 0.15) is 0 Å². The molecule has 0 N–H and O–H groups in total. The average molecular weight is 438 g/mol. The lowest BCUT2D eigenvalue weighted by Gasteiger charge is -2.14. The fourth-order valence-corrected chi connectivity index (χ4v) is 4.03. The van der Waals surface area contributed by atoms with Crippen molar-refractivity contribution in [2.24, 2.45) is 0 Å². The molecular weight excluding hydrogens is 421 g/mol. The van der Waals surface area contributed by atoms with Crippen LogP contribution in [0.2, 0.25) is 10.0 Å². The Morgan fingerprint density at radius 3 is 2.46 bits per heavy atom. The number of ether oxygens (including phenoxy) is 2. The molecule has 0 radical (unpaired) electrons. The highest BCUT2D eigenvalue weighted by Gasteiger charge is 2.35. The standard InChI is InChI=1S/C20H17Cl2NO4S/c1-3-27-16-8-7-12(9-17(16)26-2)10-18-19(24)23(20(25)28-18)11-13-14(21)5-4-6-15(13)22/h4-10H,3,11H2,1-2H3/b18-10+. The highest BCUT2D eigenvalue weighted by atomic mass is 35.5. The van der Waals surface area contributed by atoms with E-state index in [9.17, 15) is 9.59 Å². The molecule has 0 bridgehead atoms. The van der Waals surface area contributed by atoms with Gasteiger partial charge in [0.15, 0.2) is 11.5 Å². The van der Waals surface area contributed by atoms with Crippen LogP contribution >= 0.6 is 35.0 Å². The van der Waals surface area contributed by atoms with E-state index in [1.165, 1.54) is 0 Å². The molecule has 2 aromatic carbocycles. The van der Waals surface area contributed by atoms with Crippen LogP contribution in [0.25, 0.3) is 6.08 Å². The average Bonchev–Trinajstić information content (AvgIpc) is 2.93. The van der Waals surface area contributed by atoms with Gasteiger partial charge in [0.05, 0.1) is 25.2 Å². The van der Waals surface area contributed by atoms with Gasteiger partial charge in [-0.25, -0.2) is 0 Å². The first-order valence-electron chi connectivity index (χ1n) is 8.43. The highest BCUT2D eigenvalue weighted by molar-refractivity contribution is 8.18. The van der Waals surface area contributed by atoms with E-state index in [0.717, 1.165) is 22.2 Å². The highest BCUT2D eigenvalue weighted by Crippen LogP contribution is 2.36. The van der Waals surface area contributed by atoms with Gasteiger partial charge in [-0.2, -0.15) is 0 Å². The molecule has 0 aromatic heterocycles. The van der Waals surface area contributed by atoms with E-state index in [0.29, 0.717) is 38.6 Å². The van der Waals surface area contributed by atoms with Gasteiger partial charge in [-0.3, -0.25) is 14.5 Å². The van der Waals surface area contributed by atoms with Gasteiger partial charge in [-0.1, -0.05) is 35.3 Å². The van der Waals surface area contributed by atoms with E-state index in [-0.39, 0.29) is 17.7 Å². The number of halogens is 2. The largest absolute Gasteiger partial charge is 0.493 e. The monoisotopic (exact) mass is 437 g/mol. The van der Waals surface area contributed by atoms with Gasteiger partial charge in [0, 0.05) is 15.6 Å². The van der Waals surface area contributed by atoms with Gasteiger partial charge in [-0.05, 0) is 54.6 Å². The quantitative estimate of drug-likeness (QED) is 0.547. The van der Waals surface area contributed by atoms with Gasteiger partial charge in [0.2, 0.25) is 0 Å². The predicted octanol–water partition coefficient (Wildman–Crippen LogP) is 5.64. The lowest BCUT2D eigenvalue weighted by Crippen LogP contribution is -2.27. The second-order valence-corrected chi connectivity index (χ2v) is 7.62. The summed E-state index contributed by atoms with van der Waals surface area (Å²) >= 11 is 13.2. The molecule has 5 nitrogen and oxygen atoms in total. The Balaban J connectivity index is 1.85. The van der Waals surface area contributed by atoms with Gasteiger partial charge >= 0.3 is 0 Å². The van der Waals surface area contributed by atoms with Crippen molar-refractivity contribution in [2.45, 2.75) is 13.5 Å². The first-order valence-corrected chi connectivity index (χ1v) is 10.0. The lowest BCUT2D eigenvalue weighted by molar-refractivity contribution is -0.123. The fourth-order valence-electron chi connectivity index (χ4n) is 2.68. The number of hydrogen-bond acceptors (Lipinski definition) is 5. The van der Waals surface area contributed by atoms with E-state index < -0.39 is 0 Å². The Bertz CT molecular complexity index is 941. The number of amides is 2. The van der Waals surface area contributed by atoms with Crippen LogP contribution in [-0.2, 0) is 11.3 Å². The molecule has 2 amide bonds. The van der Waals surface area contributed by atoms with E-state index in [4.69, 9.17) is 32.7 Å². The van der Waals surface area contributed by atoms with Crippen molar-refractivity contribution < 1.29 is 19.1 Å². The second kappa shape index (κ2) is 8.90. The van der Waals surface area contributed by atoms with E-state index in [2.05, 4.69) is 0 Å². The van der Waals surface area contributed by atoms with Gasteiger partial charge in [0.25, 0.3) is 11.1 Å². The SMILES string of the molecule is CCOc1ccc(/C=C2/SC(=O)N(Cc3c(Cl)cccc3Cl)C2=O)cc1OC. The molecule has 3 rings (SSSR count). The molecule has 0 atom stereocenters. The minimum Gasteiger partial charge on any atom is -0.493 e. The number of nitrogens with zero attached hydrogens (tertiary/aromatic N) is 1. The van der Waals surface area contributed by atoms with Crippen molar-refractivity contribution >= 4 is 52.2 Å². The maximum Gasteiger partial charge on any atom is 0.293 e. The minimum absolute atomic E-state index is 0.0209. The third-order valence-electron chi connectivity index (χ3n) is 4.04. The van der Waals surface area contributed by atoms with Crippen molar-refractivity contribution in [2.75, 3.05) is 13.7 Å². The fraction of sp³-hybridized carbons (Fsp3) is 0.200. The zero-order valence-electron chi connectivity index (χ0n) is 15.2. The third kappa shape index (κ3) is 4.29. The number of imide groups is 1. The molecule has 0 unspecified atom stereocenters. The maximum absolute atomic E-state index is 12.7. The van der Waals surface area contributed by atoms with Crippen molar-refractivity contribution in [3.63, 3.8) is 0 Å². The Labute approximate surface area is 177 Å². The predicted molar refractivity (Wildman–Crippen MR) is 112 cm³/mol. The summed E-state index contributed by atoms with van der Waals surface area (Å²) < 4.78 is 10.8. The smallest absolute Gasteiger partial charge is 0.293 e. The molecule has 1 aliphatic rings. The molecule has 2 aromatic rings. The summed E-state index contributed by atoms with van der Waals surface area (Å²) in [7, 11) is 1.54. The van der Waals surface area contributed by atoms with Crippen LogP contribution in [-0.4, -0.2) is 29.8 Å². The zero-order valence-corrected chi connectivity index (χ0v) is 17.5. The zero-order chi connectivity index (χ0) is 20.3. The number of thioether (sulfide) groups is 1. The maximum atomic E-state index is 12.7. The van der Waals surface area contributed by atoms with Gasteiger partial charge in [-0.15, -0.1) is 0 Å². The summed E-state index contributed by atoms with van der Waals surface area (Å²) in [5.41, 5.74) is 1.26. The molecule has 1 fully saturated rings. The molecule has 1 aliphatic heterocycles. The van der Waals surface area contributed by atoms with Crippen molar-refractivity contribution in [3.8, 4) is 11.5 Å². The summed E-state index contributed by atoms with van der Waals surface area (Å²) in [4.78, 5) is 26.6. The van der Waals surface area contributed by atoms with E-state index in [1.54, 1.807) is 49.6 Å². The molecule has 8 heteroatoms. The Kier molecular flexibility index (Phi) is 6.54. The number of hydrogen-bond donors (Lipinski definition) is 0. The number of rotatable bonds is 6. The van der Waals surface area contributed by atoms with Crippen LogP contribution in [0.5, 0.6) is 11.5 Å². The Hall–Kier alpha value is -2.15. The van der Waals surface area contributed by atoms with Crippen LogP contribution in [0.15, 0.2) is 41.3 Å².